The fraction of sp³-hybridized carbons (Fsp3) is 0.500. The molecule has 3 N–H and O–H groups in total. The lowest BCUT2D eigenvalue weighted by atomic mass is 10.1. The molecule has 2 rings (SSSR count). The summed E-state index contributed by atoms with van der Waals surface area (Å²) in [5.74, 6) is 2.98. The van der Waals surface area contributed by atoms with E-state index in [0.29, 0.717) is 6.54 Å². The largest absolute Gasteiger partial charge is 0.336 e. The summed E-state index contributed by atoms with van der Waals surface area (Å²) in [5, 5.41) is 0. The molecule has 0 aromatic heterocycles. The summed E-state index contributed by atoms with van der Waals surface area (Å²) in [6.07, 6.45) is 4.08. The minimum atomic E-state index is -0.863. The number of rotatable bonds is 4. The predicted octanol–water partition coefficient (Wildman–Crippen LogP) is 2.66. The summed E-state index contributed by atoms with van der Waals surface area (Å²) in [7, 11) is 0. The molecule has 0 spiro atoms. The highest BCUT2D eigenvalue weighted by Gasteiger charge is 2.27. The first kappa shape index (κ1) is 14.7. The molecule has 1 aliphatic rings. The normalized spacial score (nSPS) is 15.4. The average molecular weight is 283 g/mol. The Balaban J connectivity index is 2.27. The number of nitrogens with two attached hydrogens (primary N) is 1. The van der Waals surface area contributed by atoms with Crippen LogP contribution in [0, 0.1) is 11.6 Å². The van der Waals surface area contributed by atoms with Crippen LogP contribution in [0.4, 0.5) is 14.5 Å². The first-order valence-corrected chi connectivity index (χ1v) is 6.85. The third-order valence-corrected chi connectivity index (χ3v) is 3.80. The quantitative estimate of drug-likeness (QED) is 0.659. The number of nitrogens with zero attached hydrogens (tertiary/aromatic N) is 1. The number of halogens is 2. The van der Waals surface area contributed by atoms with Gasteiger partial charge in [0.25, 0.3) is 5.91 Å². The number of carbonyl (C=O) groups excluding carboxylic acids is 1. The maximum Gasteiger partial charge on any atom is 0.254 e. The van der Waals surface area contributed by atoms with Gasteiger partial charge in [0.1, 0.15) is 5.69 Å². The topological polar surface area (TPSA) is 58.4 Å². The molecule has 6 heteroatoms. The van der Waals surface area contributed by atoms with E-state index in [1.54, 1.807) is 4.90 Å². The Labute approximate surface area is 116 Å². The highest BCUT2D eigenvalue weighted by Crippen LogP contribution is 2.26. The fourth-order valence-electron chi connectivity index (χ4n) is 2.78. The van der Waals surface area contributed by atoms with Crippen LogP contribution in [0.2, 0.25) is 0 Å². The number of benzene rings is 1. The third-order valence-electron chi connectivity index (χ3n) is 3.80. The lowest BCUT2D eigenvalue weighted by Gasteiger charge is -2.28. The van der Waals surface area contributed by atoms with Crippen LogP contribution in [-0.2, 0) is 0 Å². The van der Waals surface area contributed by atoms with Crippen LogP contribution in [0.25, 0.3) is 0 Å². The van der Waals surface area contributed by atoms with E-state index in [4.69, 9.17) is 5.84 Å². The van der Waals surface area contributed by atoms with Gasteiger partial charge in [-0.15, -0.1) is 0 Å². The number of amides is 1. The Morgan fingerprint density at radius 3 is 2.35 bits per heavy atom. The van der Waals surface area contributed by atoms with Crippen molar-refractivity contribution in [2.75, 3.05) is 12.0 Å². The van der Waals surface area contributed by atoms with Gasteiger partial charge in [0, 0.05) is 18.2 Å². The second-order valence-electron chi connectivity index (χ2n) is 4.99. The van der Waals surface area contributed by atoms with Gasteiger partial charge in [-0.3, -0.25) is 10.6 Å². The molecule has 0 saturated heterocycles. The molecular formula is C14H19F2N3O. The van der Waals surface area contributed by atoms with Gasteiger partial charge in [-0.25, -0.2) is 8.78 Å². The van der Waals surface area contributed by atoms with Crippen molar-refractivity contribution in [2.24, 2.45) is 5.84 Å². The molecule has 0 atom stereocenters. The molecule has 0 aliphatic heterocycles. The minimum absolute atomic E-state index is 0.0211. The molecule has 0 bridgehead atoms. The molecule has 110 valence electrons. The van der Waals surface area contributed by atoms with Gasteiger partial charge in [0.15, 0.2) is 11.6 Å². The summed E-state index contributed by atoms with van der Waals surface area (Å²) < 4.78 is 27.3. The summed E-state index contributed by atoms with van der Waals surface area (Å²) >= 11 is 0. The van der Waals surface area contributed by atoms with Gasteiger partial charge in [-0.05, 0) is 31.9 Å². The smallest absolute Gasteiger partial charge is 0.254 e. The molecule has 1 saturated carbocycles. The number of hydrogen-bond acceptors (Lipinski definition) is 3. The van der Waals surface area contributed by atoms with Crippen molar-refractivity contribution in [1.82, 2.24) is 4.90 Å². The summed E-state index contributed by atoms with van der Waals surface area (Å²) in [4.78, 5) is 14.1. The van der Waals surface area contributed by atoms with E-state index in [1.165, 1.54) is 0 Å². The van der Waals surface area contributed by atoms with Crippen molar-refractivity contribution in [3.8, 4) is 0 Å². The summed E-state index contributed by atoms with van der Waals surface area (Å²) in [5.41, 5.74) is 1.55. The molecule has 1 aliphatic carbocycles. The van der Waals surface area contributed by atoms with Crippen molar-refractivity contribution in [3.05, 3.63) is 29.3 Å². The number of anilines is 1. The number of nitrogen functional groups attached to an aromatic ring is 1. The zero-order valence-electron chi connectivity index (χ0n) is 11.5. The summed E-state index contributed by atoms with van der Waals surface area (Å²) in [6, 6.07) is 2.22. The molecule has 1 fully saturated rings. The number of hydrazine groups is 1. The Morgan fingerprint density at radius 2 is 1.90 bits per heavy atom. The Morgan fingerprint density at radius 1 is 1.35 bits per heavy atom. The van der Waals surface area contributed by atoms with Gasteiger partial charge < -0.3 is 10.3 Å². The molecular weight excluding hydrogens is 264 g/mol. The molecule has 0 unspecified atom stereocenters. The van der Waals surface area contributed by atoms with Crippen LogP contribution >= 0.6 is 0 Å². The van der Waals surface area contributed by atoms with Crippen LogP contribution in [0.15, 0.2) is 12.1 Å². The first-order chi connectivity index (χ1) is 9.58. The van der Waals surface area contributed by atoms with Crippen molar-refractivity contribution in [3.63, 3.8) is 0 Å². The predicted molar refractivity (Wildman–Crippen MR) is 73.1 cm³/mol. The fourth-order valence-corrected chi connectivity index (χ4v) is 2.78. The van der Waals surface area contributed by atoms with E-state index >= 15 is 0 Å². The zero-order valence-corrected chi connectivity index (χ0v) is 11.5. The zero-order chi connectivity index (χ0) is 14.7. The number of hydrogen-bond donors (Lipinski definition) is 2. The monoisotopic (exact) mass is 283 g/mol. The SMILES string of the molecule is CCN(C(=O)c1cc(F)c(NN)c(F)c1)C1CCCC1. The minimum Gasteiger partial charge on any atom is -0.336 e. The van der Waals surface area contributed by atoms with E-state index in [2.05, 4.69) is 0 Å². The van der Waals surface area contributed by atoms with E-state index in [1.807, 2.05) is 12.3 Å². The maximum absolute atomic E-state index is 13.7. The Hall–Kier alpha value is -1.69. The van der Waals surface area contributed by atoms with Gasteiger partial charge in [0.05, 0.1) is 0 Å². The average Bonchev–Trinajstić information content (AvgIpc) is 2.93. The molecule has 20 heavy (non-hydrogen) atoms. The standard InChI is InChI=1S/C14H19F2N3O/c1-2-19(10-5-3-4-6-10)14(20)9-7-11(15)13(18-17)12(16)8-9/h7-8,10,18H,2-6,17H2,1H3. The van der Waals surface area contributed by atoms with Gasteiger partial charge in [-0.2, -0.15) is 0 Å². The lowest BCUT2D eigenvalue weighted by Crippen LogP contribution is -2.38. The second-order valence-corrected chi connectivity index (χ2v) is 4.99. The molecule has 4 nitrogen and oxygen atoms in total. The molecule has 0 radical (unpaired) electrons. The first-order valence-electron chi connectivity index (χ1n) is 6.85. The van der Waals surface area contributed by atoms with E-state index in [0.717, 1.165) is 37.8 Å². The van der Waals surface area contributed by atoms with Crippen molar-refractivity contribution in [2.45, 2.75) is 38.6 Å². The van der Waals surface area contributed by atoms with Crippen molar-refractivity contribution < 1.29 is 13.6 Å². The summed E-state index contributed by atoms with van der Waals surface area (Å²) in [6.45, 7) is 2.41. The highest BCUT2D eigenvalue weighted by atomic mass is 19.1. The van der Waals surface area contributed by atoms with Gasteiger partial charge in [-0.1, -0.05) is 12.8 Å². The second kappa shape index (κ2) is 6.17. The van der Waals surface area contributed by atoms with Crippen LogP contribution in [0.3, 0.4) is 0 Å². The van der Waals surface area contributed by atoms with E-state index in [9.17, 15) is 13.6 Å². The molecule has 1 aromatic rings. The van der Waals surface area contributed by atoms with Gasteiger partial charge in [0.2, 0.25) is 0 Å². The van der Waals surface area contributed by atoms with Crippen molar-refractivity contribution >= 4 is 11.6 Å². The Kier molecular flexibility index (Phi) is 4.54. The third kappa shape index (κ3) is 2.75. The van der Waals surface area contributed by atoms with Crippen LogP contribution in [0.5, 0.6) is 0 Å². The van der Waals surface area contributed by atoms with Crippen molar-refractivity contribution in [1.29, 1.82) is 0 Å². The van der Waals surface area contributed by atoms with E-state index < -0.39 is 17.3 Å². The van der Waals surface area contributed by atoms with E-state index in [-0.39, 0.29) is 17.5 Å². The number of carbonyl (C=O) groups is 1. The molecule has 1 amide bonds. The highest BCUT2D eigenvalue weighted by molar-refractivity contribution is 5.95. The lowest BCUT2D eigenvalue weighted by molar-refractivity contribution is 0.0692. The van der Waals surface area contributed by atoms with Crippen LogP contribution in [-0.4, -0.2) is 23.4 Å². The number of nitrogens with one attached hydrogen (secondary N) is 1. The molecule has 1 aromatic carbocycles. The maximum atomic E-state index is 13.7. The van der Waals surface area contributed by atoms with Crippen LogP contribution in [0.1, 0.15) is 43.0 Å². The van der Waals surface area contributed by atoms with Gasteiger partial charge >= 0.3 is 0 Å². The van der Waals surface area contributed by atoms with Crippen LogP contribution < -0.4 is 11.3 Å². The molecule has 0 heterocycles. The Bertz CT molecular complexity index is 478.